The van der Waals surface area contributed by atoms with Gasteiger partial charge in [-0.25, -0.2) is 4.79 Å². The van der Waals surface area contributed by atoms with E-state index in [-0.39, 0.29) is 22.7 Å². The summed E-state index contributed by atoms with van der Waals surface area (Å²) in [6, 6.07) is 9.21. The highest BCUT2D eigenvalue weighted by Gasteiger charge is 2.29. The van der Waals surface area contributed by atoms with Crippen molar-refractivity contribution in [3.05, 3.63) is 76.0 Å². The largest absolute Gasteiger partial charge is 0.508 e. The monoisotopic (exact) mass is 334 g/mol. The quantitative estimate of drug-likeness (QED) is 0.698. The van der Waals surface area contributed by atoms with Crippen LogP contribution in [0.15, 0.2) is 69.4 Å². The highest BCUT2D eigenvalue weighted by Crippen LogP contribution is 2.43. The summed E-state index contributed by atoms with van der Waals surface area (Å²) in [5.41, 5.74) is 1.99. The second kappa shape index (κ2) is 5.63. The van der Waals surface area contributed by atoms with Gasteiger partial charge in [0.1, 0.15) is 17.1 Å². The van der Waals surface area contributed by atoms with Crippen LogP contribution < -0.4 is 5.43 Å². The van der Waals surface area contributed by atoms with Gasteiger partial charge in [0.25, 0.3) is 0 Å². The first-order valence-electron chi connectivity index (χ1n) is 7.84. The third-order valence-corrected chi connectivity index (χ3v) is 4.47. The number of carbonyl (C=O) groups is 1. The summed E-state index contributed by atoms with van der Waals surface area (Å²) in [7, 11) is 0. The van der Waals surface area contributed by atoms with Gasteiger partial charge in [-0.1, -0.05) is 18.2 Å². The Kier molecular flexibility index (Phi) is 3.42. The normalized spacial score (nSPS) is 17.0. The first-order chi connectivity index (χ1) is 12.0. The van der Waals surface area contributed by atoms with Crippen LogP contribution in [0.25, 0.3) is 22.3 Å². The minimum absolute atomic E-state index is 0.0392. The standard InChI is InChI=1S/C20H14O5/c21-11-5-7-15-17(9-11)25-18-10-12(22)6-8-16(18)19(15)13-3-1-2-4-14(13)20(23)24/h1-2,4-10,13,21H,3H2,(H,23,24). The van der Waals surface area contributed by atoms with Crippen molar-refractivity contribution in [1.29, 1.82) is 0 Å². The number of aliphatic carboxylic acids is 1. The zero-order valence-electron chi connectivity index (χ0n) is 13.1. The summed E-state index contributed by atoms with van der Waals surface area (Å²) in [4.78, 5) is 23.4. The highest BCUT2D eigenvalue weighted by atomic mass is 16.4. The van der Waals surface area contributed by atoms with Crippen molar-refractivity contribution in [3.63, 3.8) is 0 Å². The predicted octanol–water partition coefficient (Wildman–Crippen LogP) is 3.66. The molecule has 1 unspecified atom stereocenters. The van der Waals surface area contributed by atoms with E-state index in [1.807, 2.05) is 6.08 Å². The van der Waals surface area contributed by atoms with E-state index in [1.54, 1.807) is 24.3 Å². The summed E-state index contributed by atoms with van der Waals surface area (Å²) in [5.74, 6) is -0.932. The van der Waals surface area contributed by atoms with Gasteiger partial charge in [0, 0.05) is 34.6 Å². The molecule has 1 aromatic carbocycles. The van der Waals surface area contributed by atoms with Crippen LogP contribution in [0.4, 0.5) is 0 Å². The number of phenolic OH excluding ortho intramolecular Hbond substituents is 1. The van der Waals surface area contributed by atoms with Crippen LogP contribution in [0.1, 0.15) is 17.9 Å². The number of carboxylic acids is 1. The predicted molar refractivity (Wildman–Crippen MR) is 93.0 cm³/mol. The molecule has 2 N–H and O–H groups in total. The van der Waals surface area contributed by atoms with E-state index in [9.17, 15) is 19.8 Å². The van der Waals surface area contributed by atoms with Gasteiger partial charge in [0.2, 0.25) is 0 Å². The van der Waals surface area contributed by atoms with Crippen molar-refractivity contribution < 1.29 is 19.4 Å². The van der Waals surface area contributed by atoms with Gasteiger partial charge in [-0.3, -0.25) is 4.79 Å². The number of hydrogen-bond donors (Lipinski definition) is 2. The Hall–Kier alpha value is -3.34. The van der Waals surface area contributed by atoms with E-state index < -0.39 is 5.97 Å². The summed E-state index contributed by atoms with van der Waals surface area (Å²) in [6.07, 6.45) is 5.79. The smallest absolute Gasteiger partial charge is 0.332 e. The van der Waals surface area contributed by atoms with Gasteiger partial charge in [-0.05, 0) is 36.2 Å². The Morgan fingerprint density at radius 2 is 2.00 bits per heavy atom. The molecule has 0 spiro atoms. The molecule has 0 fully saturated rings. The van der Waals surface area contributed by atoms with Gasteiger partial charge in [0.05, 0.1) is 0 Å². The Balaban J connectivity index is 2.10. The van der Waals surface area contributed by atoms with Crippen molar-refractivity contribution in [2.24, 2.45) is 0 Å². The number of carboxylic acid groups (broad SMARTS) is 1. The average molecular weight is 334 g/mol. The Bertz CT molecular complexity index is 1090. The van der Waals surface area contributed by atoms with Crippen LogP contribution in [0.2, 0.25) is 0 Å². The van der Waals surface area contributed by atoms with Crippen LogP contribution in [0.5, 0.6) is 5.75 Å². The lowest BCUT2D eigenvalue weighted by Gasteiger charge is -2.24. The SMILES string of the molecule is O=C(O)C1=CC=CCC1c1c2ccc(=O)cc-2oc2cc(O)ccc12. The Morgan fingerprint density at radius 3 is 2.80 bits per heavy atom. The molecule has 5 heteroatoms. The molecule has 1 heterocycles. The second-order valence-corrected chi connectivity index (χ2v) is 6.00. The molecule has 2 aliphatic carbocycles. The summed E-state index contributed by atoms with van der Waals surface area (Å²) < 4.78 is 5.79. The number of hydrogen-bond acceptors (Lipinski definition) is 4. The molecule has 3 aliphatic rings. The number of aromatic hydroxyl groups is 1. The molecule has 0 bridgehead atoms. The molecule has 0 aromatic heterocycles. The number of fused-ring (bicyclic) bond motifs is 2. The van der Waals surface area contributed by atoms with Crippen LogP contribution in [0.3, 0.4) is 0 Å². The van der Waals surface area contributed by atoms with Gasteiger partial charge in [0.15, 0.2) is 5.43 Å². The molecule has 0 saturated carbocycles. The first kappa shape index (κ1) is 15.2. The van der Waals surface area contributed by atoms with E-state index in [0.29, 0.717) is 23.3 Å². The lowest BCUT2D eigenvalue weighted by Crippen LogP contribution is -2.15. The van der Waals surface area contributed by atoms with Crippen molar-refractivity contribution in [3.8, 4) is 17.1 Å². The fraction of sp³-hybridized carbons (Fsp3) is 0.100. The van der Waals surface area contributed by atoms with Gasteiger partial charge in [-0.2, -0.15) is 0 Å². The van der Waals surface area contributed by atoms with Crippen LogP contribution in [-0.2, 0) is 4.79 Å². The molecule has 124 valence electrons. The summed E-state index contributed by atoms with van der Waals surface area (Å²) in [6.45, 7) is 0. The maximum absolute atomic E-state index is 11.7. The van der Waals surface area contributed by atoms with Crippen molar-refractivity contribution >= 4 is 16.9 Å². The fourth-order valence-corrected chi connectivity index (χ4v) is 3.39. The Labute approximate surface area is 142 Å². The highest BCUT2D eigenvalue weighted by molar-refractivity contribution is 5.95. The maximum atomic E-state index is 11.7. The molecule has 25 heavy (non-hydrogen) atoms. The summed E-state index contributed by atoms with van der Waals surface area (Å²) in [5, 5.41) is 20.1. The topological polar surface area (TPSA) is 87.7 Å². The third-order valence-electron chi connectivity index (χ3n) is 4.47. The molecule has 1 aliphatic heterocycles. The zero-order valence-corrected chi connectivity index (χ0v) is 13.1. The van der Waals surface area contributed by atoms with Crippen LogP contribution in [-0.4, -0.2) is 16.2 Å². The second-order valence-electron chi connectivity index (χ2n) is 6.00. The molecule has 0 radical (unpaired) electrons. The first-order valence-corrected chi connectivity index (χ1v) is 7.84. The number of allylic oxidation sites excluding steroid dienone is 3. The fourth-order valence-electron chi connectivity index (χ4n) is 3.39. The van der Waals surface area contributed by atoms with Crippen LogP contribution >= 0.6 is 0 Å². The minimum Gasteiger partial charge on any atom is -0.508 e. The minimum atomic E-state index is -0.976. The number of rotatable bonds is 2. The molecule has 4 rings (SSSR count). The molecule has 5 nitrogen and oxygen atoms in total. The van der Waals surface area contributed by atoms with Crippen molar-refractivity contribution in [2.75, 3.05) is 0 Å². The van der Waals surface area contributed by atoms with E-state index in [4.69, 9.17) is 4.42 Å². The molecular formula is C20H14O5. The number of phenols is 1. The lowest BCUT2D eigenvalue weighted by atomic mass is 9.80. The van der Waals surface area contributed by atoms with Crippen molar-refractivity contribution in [1.82, 2.24) is 0 Å². The average Bonchev–Trinajstić information content (AvgIpc) is 2.59. The summed E-state index contributed by atoms with van der Waals surface area (Å²) >= 11 is 0. The molecule has 0 amide bonds. The maximum Gasteiger partial charge on any atom is 0.332 e. The molecule has 1 aromatic rings. The van der Waals surface area contributed by atoms with Gasteiger partial charge in [-0.15, -0.1) is 0 Å². The van der Waals surface area contributed by atoms with Crippen molar-refractivity contribution in [2.45, 2.75) is 12.3 Å². The van der Waals surface area contributed by atoms with E-state index >= 15 is 0 Å². The van der Waals surface area contributed by atoms with Gasteiger partial charge >= 0.3 is 5.97 Å². The molecular weight excluding hydrogens is 320 g/mol. The van der Waals surface area contributed by atoms with E-state index in [1.165, 1.54) is 24.3 Å². The lowest BCUT2D eigenvalue weighted by molar-refractivity contribution is -0.133. The third kappa shape index (κ3) is 2.50. The van der Waals surface area contributed by atoms with Crippen LogP contribution in [0, 0.1) is 0 Å². The number of benzene rings is 2. The Morgan fingerprint density at radius 1 is 1.16 bits per heavy atom. The van der Waals surface area contributed by atoms with E-state index in [0.717, 1.165) is 10.9 Å². The van der Waals surface area contributed by atoms with E-state index in [2.05, 4.69) is 0 Å². The zero-order chi connectivity index (χ0) is 17.6. The molecule has 1 atom stereocenters. The molecule has 0 saturated heterocycles. The van der Waals surface area contributed by atoms with Gasteiger partial charge < -0.3 is 14.6 Å².